The van der Waals surface area contributed by atoms with Crippen LogP contribution in [-0.4, -0.2) is 28.3 Å². The average Bonchev–Trinajstić information content (AvgIpc) is 2.78. The lowest BCUT2D eigenvalue weighted by Gasteiger charge is -2.32. The summed E-state index contributed by atoms with van der Waals surface area (Å²) in [6.07, 6.45) is 8.29. The molecule has 1 unspecified atom stereocenters. The van der Waals surface area contributed by atoms with E-state index < -0.39 is 0 Å². The molecular formula is C24H30N4O3. The molecule has 5 rings (SSSR count). The van der Waals surface area contributed by atoms with Crippen molar-refractivity contribution in [3.05, 3.63) is 51.4 Å². The molecule has 1 atom stereocenters. The van der Waals surface area contributed by atoms with Crippen LogP contribution in [0.15, 0.2) is 29.1 Å². The lowest BCUT2D eigenvalue weighted by atomic mass is 9.90. The molecular weight excluding hydrogens is 392 g/mol. The van der Waals surface area contributed by atoms with Crippen LogP contribution in [0.25, 0.3) is 0 Å². The van der Waals surface area contributed by atoms with Gasteiger partial charge in [0, 0.05) is 18.2 Å². The summed E-state index contributed by atoms with van der Waals surface area (Å²) >= 11 is 0. The molecule has 1 fully saturated rings. The SMILES string of the molecule is CC(NC1CCC(n2nc3c(cc2=O)CCCC3)CC1)c1ccc2c(c1)NC(=O)CO2. The van der Waals surface area contributed by atoms with E-state index in [1.54, 1.807) is 4.68 Å². The Hall–Kier alpha value is -2.67. The zero-order chi connectivity index (χ0) is 21.4. The Morgan fingerprint density at radius 3 is 2.77 bits per heavy atom. The predicted molar refractivity (Wildman–Crippen MR) is 119 cm³/mol. The Kier molecular flexibility index (Phi) is 5.52. The zero-order valence-electron chi connectivity index (χ0n) is 18.0. The number of anilines is 1. The number of carbonyl (C=O) groups excluding carboxylic acids is 1. The Labute approximate surface area is 182 Å². The molecule has 0 bridgehead atoms. The molecule has 3 aliphatic rings. The number of ether oxygens (including phenoxy) is 1. The quantitative estimate of drug-likeness (QED) is 0.790. The molecule has 1 aliphatic heterocycles. The molecule has 2 aromatic rings. The first-order chi connectivity index (χ1) is 15.1. The molecule has 1 aromatic carbocycles. The van der Waals surface area contributed by atoms with E-state index in [0.717, 1.165) is 73.2 Å². The number of carbonyl (C=O) groups is 1. The van der Waals surface area contributed by atoms with Gasteiger partial charge in [0.05, 0.1) is 17.4 Å². The number of aromatic nitrogens is 2. The number of aryl methyl sites for hydroxylation is 2. The number of nitrogens with one attached hydrogen (secondary N) is 2. The van der Waals surface area contributed by atoms with Gasteiger partial charge in [-0.25, -0.2) is 4.68 Å². The van der Waals surface area contributed by atoms with E-state index >= 15 is 0 Å². The van der Waals surface area contributed by atoms with Gasteiger partial charge in [-0.15, -0.1) is 0 Å². The minimum Gasteiger partial charge on any atom is -0.482 e. The van der Waals surface area contributed by atoms with Crippen molar-refractivity contribution in [2.45, 2.75) is 76.4 Å². The molecule has 0 radical (unpaired) electrons. The third-order valence-electron chi connectivity index (χ3n) is 6.90. The van der Waals surface area contributed by atoms with E-state index in [1.807, 2.05) is 18.2 Å². The van der Waals surface area contributed by atoms with E-state index in [1.165, 1.54) is 6.42 Å². The first kappa shape index (κ1) is 20.2. The summed E-state index contributed by atoms with van der Waals surface area (Å²) in [6.45, 7) is 2.22. The van der Waals surface area contributed by atoms with Crippen molar-refractivity contribution in [3.63, 3.8) is 0 Å². The van der Waals surface area contributed by atoms with E-state index in [0.29, 0.717) is 6.04 Å². The van der Waals surface area contributed by atoms with Gasteiger partial charge in [-0.2, -0.15) is 5.10 Å². The maximum absolute atomic E-state index is 12.6. The molecule has 0 spiro atoms. The van der Waals surface area contributed by atoms with E-state index in [4.69, 9.17) is 9.84 Å². The number of nitrogens with zero attached hydrogens (tertiary/aromatic N) is 2. The van der Waals surface area contributed by atoms with Crippen molar-refractivity contribution in [3.8, 4) is 5.75 Å². The summed E-state index contributed by atoms with van der Waals surface area (Å²) in [5.41, 5.74) is 4.21. The summed E-state index contributed by atoms with van der Waals surface area (Å²) in [7, 11) is 0. The smallest absolute Gasteiger partial charge is 0.267 e. The Morgan fingerprint density at radius 1 is 1.13 bits per heavy atom. The molecule has 1 aromatic heterocycles. The van der Waals surface area contributed by atoms with Crippen molar-refractivity contribution in [1.82, 2.24) is 15.1 Å². The number of amides is 1. The van der Waals surface area contributed by atoms with Crippen LogP contribution in [0.3, 0.4) is 0 Å². The van der Waals surface area contributed by atoms with Gasteiger partial charge in [0.1, 0.15) is 5.75 Å². The Balaban J connectivity index is 1.21. The molecule has 31 heavy (non-hydrogen) atoms. The second kappa shape index (κ2) is 8.46. The summed E-state index contributed by atoms with van der Waals surface area (Å²) in [5.74, 6) is 0.605. The molecule has 7 heteroatoms. The van der Waals surface area contributed by atoms with Crippen LogP contribution in [0.1, 0.15) is 74.4 Å². The molecule has 2 N–H and O–H groups in total. The minimum absolute atomic E-state index is 0.0590. The molecule has 7 nitrogen and oxygen atoms in total. The van der Waals surface area contributed by atoms with Gasteiger partial charge in [-0.1, -0.05) is 6.07 Å². The molecule has 0 saturated heterocycles. The third kappa shape index (κ3) is 4.24. The predicted octanol–water partition coefficient (Wildman–Crippen LogP) is 3.29. The topological polar surface area (TPSA) is 85.3 Å². The normalized spacial score (nSPS) is 23.8. The van der Waals surface area contributed by atoms with Gasteiger partial charge < -0.3 is 15.4 Å². The third-order valence-corrected chi connectivity index (χ3v) is 6.90. The number of hydrogen-bond donors (Lipinski definition) is 2. The fraction of sp³-hybridized carbons (Fsp3) is 0.542. The number of hydrogen-bond acceptors (Lipinski definition) is 5. The molecule has 2 aliphatic carbocycles. The number of fused-ring (bicyclic) bond motifs is 2. The van der Waals surface area contributed by atoms with Crippen LogP contribution in [0, 0.1) is 0 Å². The van der Waals surface area contributed by atoms with Crippen LogP contribution in [-0.2, 0) is 17.6 Å². The summed E-state index contributed by atoms with van der Waals surface area (Å²) in [6, 6.07) is 8.56. The van der Waals surface area contributed by atoms with Gasteiger partial charge in [-0.05, 0) is 81.5 Å². The van der Waals surface area contributed by atoms with Crippen LogP contribution < -0.4 is 20.9 Å². The van der Waals surface area contributed by atoms with Crippen LogP contribution in [0.2, 0.25) is 0 Å². The largest absolute Gasteiger partial charge is 0.482 e. The monoisotopic (exact) mass is 422 g/mol. The minimum atomic E-state index is -0.116. The first-order valence-corrected chi connectivity index (χ1v) is 11.5. The number of rotatable bonds is 4. The Bertz CT molecular complexity index is 1040. The summed E-state index contributed by atoms with van der Waals surface area (Å²) < 4.78 is 7.21. The summed E-state index contributed by atoms with van der Waals surface area (Å²) in [5, 5.41) is 11.4. The van der Waals surface area contributed by atoms with E-state index in [9.17, 15) is 9.59 Å². The zero-order valence-corrected chi connectivity index (χ0v) is 18.0. The molecule has 2 heterocycles. The highest BCUT2D eigenvalue weighted by molar-refractivity contribution is 5.95. The Morgan fingerprint density at radius 2 is 1.94 bits per heavy atom. The highest BCUT2D eigenvalue weighted by Gasteiger charge is 2.26. The van der Waals surface area contributed by atoms with Crippen LogP contribution in [0.4, 0.5) is 5.69 Å². The molecule has 1 saturated carbocycles. The number of benzene rings is 1. The highest BCUT2D eigenvalue weighted by Crippen LogP contribution is 2.32. The second-order valence-electron chi connectivity index (χ2n) is 9.09. The van der Waals surface area contributed by atoms with E-state index in [2.05, 4.69) is 23.6 Å². The second-order valence-corrected chi connectivity index (χ2v) is 9.09. The van der Waals surface area contributed by atoms with Gasteiger partial charge in [-0.3, -0.25) is 9.59 Å². The standard InChI is InChI=1S/C24H30N4O3/c1-15(16-6-11-22-21(12-16)26-23(29)14-31-22)25-18-7-9-19(10-8-18)28-24(30)13-17-4-2-3-5-20(17)27-28/h6,11-13,15,18-19,25H,2-5,7-10,14H2,1H3,(H,26,29). The van der Waals surface area contributed by atoms with Gasteiger partial charge in [0.2, 0.25) is 0 Å². The fourth-order valence-electron chi connectivity index (χ4n) is 5.15. The van der Waals surface area contributed by atoms with Crippen LogP contribution >= 0.6 is 0 Å². The maximum Gasteiger partial charge on any atom is 0.267 e. The highest BCUT2D eigenvalue weighted by atomic mass is 16.5. The van der Waals surface area contributed by atoms with Crippen molar-refractivity contribution in [2.75, 3.05) is 11.9 Å². The first-order valence-electron chi connectivity index (χ1n) is 11.5. The van der Waals surface area contributed by atoms with Crippen molar-refractivity contribution < 1.29 is 9.53 Å². The van der Waals surface area contributed by atoms with Crippen molar-refractivity contribution >= 4 is 11.6 Å². The maximum atomic E-state index is 12.6. The van der Waals surface area contributed by atoms with Crippen molar-refractivity contribution in [2.24, 2.45) is 0 Å². The summed E-state index contributed by atoms with van der Waals surface area (Å²) in [4.78, 5) is 24.2. The lowest BCUT2D eigenvalue weighted by Crippen LogP contribution is -2.38. The van der Waals surface area contributed by atoms with E-state index in [-0.39, 0.29) is 30.2 Å². The van der Waals surface area contributed by atoms with Gasteiger partial charge >= 0.3 is 0 Å². The van der Waals surface area contributed by atoms with Crippen LogP contribution in [0.5, 0.6) is 5.75 Å². The lowest BCUT2D eigenvalue weighted by molar-refractivity contribution is -0.118. The molecule has 164 valence electrons. The fourth-order valence-corrected chi connectivity index (χ4v) is 5.15. The van der Waals surface area contributed by atoms with Crippen molar-refractivity contribution in [1.29, 1.82) is 0 Å². The average molecular weight is 423 g/mol. The molecule has 1 amide bonds. The van der Waals surface area contributed by atoms with Gasteiger partial charge in [0.25, 0.3) is 11.5 Å². The van der Waals surface area contributed by atoms with Gasteiger partial charge in [0.15, 0.2) is 6.61 Å².